The zero-order valence-electron chi connectivity index (χ0n) is 14.9. The number of dihydropyridines is 1. The van der Waals surface area contributed by atoms with E-state index in [4.69, 9.17) is 0 Å². The lowest BCUT2D eigenvalue weighted by Gasteiger charge is -2.30. The molecular weight excluding hydrogens is 374 g/mol. The highest BCUT2D eigenvalue weighted by Gasteiger charge is 2.36. The number of nitrogens with one attached hydrogen (secondary N) is 1. The van der Waals surface area contributed by atoms with Crippen LogP contribution in [0.15, 0.2) is 22.1 Å². The zero-order valence-corrected chi connectivity index (χ0v) is 15.7. The molecule has 0 aromatic carbocycles. The van der Waals surface area contributed by atoms with E-state index in [0.717, 1.165) is 11.2 Å². The van der Waals surface area contributed by atoms with Gasteiger partial charge in [-0.05, 0) is 18.9 Å². The van der Waals surface area contributed by atoms with Crippen LogP contribution in [-0.4, -0.2) is 80.0 Å². The van der Waals surface area contributed by atoms with E-state index in [1.165, 1.54) is 10.5 Å². The third kappa shape index (κ3) is 4.30. The minimum Gasteiger partial charge on any atom is -0.354 e. The van der Waals surface area contributed by atoms with Gasteiger partial charge in [-0.25, -0.2) is 22.5 Å². The molecule has 0 radical (unpaired) electrons. The number of rotatable bonds is 5. The summed E-state index contributed by atoms with van der Waals surface area (Å²) in [6.45, 7) is 0.766. The van der Waals surface area contributed by atoms with Gasteiger partial charge in [0.25, 0.3) is 0 Å². The fourth-order valence-corrected chi connectivity index (χ4v) is 4.12. The number of aliphatic imine (C=N–C) groups is 2. The molecule has 0 aromatic rings. The number of urea groups is 1. The van der Waals surface area contributed by atoms with Crippen molar-refractivity contribution in [1.29, 1.82) is 0 Å². The summed E-state index contributed by atoms with van der Waals surface area (Å²) in [4.78, 5) is 45.4. The molecule has 1 atom stereocenters. The van der Waals surface area contributed by atoms with Gasteiger partial charge in [-0.1, -0.05) is 6.08 Å². The quantitative estimate of drug-likeness (QED) is 0.664. The molecule has 1 N–H and O–H groups in total. The number of piperidine rings is 1. The molecule has 0 bridgehead atoms. The first kappa shape index (κ1) is 19.4. The van der Waals surface area contributed by atoms with Crippen molar-refractivity contribution < 1.29 is 22.8 Å². The molecule has 0 aliphatic carbocycles. The molecule has 1 unspecified atom stereocenters. The minimum atomic E-state index is -3.24. The molecule has 4 amide bonds. The second kappa shape index (κ2) is 7.69. The molecule has 1 fully saturated rings. The van der Waals surface area contributed by atoms with Gasteiger partial charge in [0.05, 0.1) is 6.26 Å². The molecule has 0 aromatic heterocycles. The van der Waals surface area contributed by atoms with Gasteiger partial charge < -0.3 is 5.32 Å². The van der Waals surface area contributed by atoms with Crippen LogP contribution in [-0.2, 0) is 19.6 Å². The highest BCUT2D eigenvalue weighted by molar-refractivity contribution is 7.88. The van der Waals surface area contributed by atoms with E-state index in [-0.39, 0.29) is 30.8 Å². The van der Waals surface area contributed by atoms with Crippen LogP contribution < -0.4 is 5.32 Å². The topological polar surface area (TPSA) is 129 Å². The van der Waals surface area contributed by atoms with Crippen LogP contribution in [0.25, 0.3) is 0 Å². The van der Waals surface area contributed by atoms with Crippen molar-refractivity contribution in [3.8, 4) is 0 Å². The number of carbonyl (C=O) groups excluding carboxylic acids is 3. The Bertz CT molecular complexity index is 839. The van der Waals surface area contributed by atoms with Crippen LogP contribution in [0.4, 0.5) is 4.79 Å². The monoisotopic (exact) mass is 395 g/mol. The lowest BCUT2D eigenvalue weighted by molar-refractivity contribution is -0.130. The Labute approximate surface area is 157 Å². The van der Waals surface area contributed by atoms with Crippen LogP contribution in [0.1, 0.15) is 12.8 Å². The van der Waals surface area contributed by atoms with Crippen LogP contribution >= 0.6 is 0 Å². The normalized spacial score (nSPS) is 24.0. The number of imide groups is 1. The molecule has 3 heterocycles. The van der Waals surface area contributed by atoms with Crippen molar-refractivity contribution in [3.63, 3.8) is 0 Å². The summed E-state index contributed by atoms with van der Waals surface area (Å²) < 4.78 is 24.4. The van der Waals surface area contributed by atoms with Gasteiger partial charge >= 0.3 is 6.03 Å². The summed E-state index contributed by atoms with van der Waals surface area (Å²) in [5.41, 5.74) is 0. The highest BCUT2D eigenvalue weighted by Crippen LogP contribution is 2.20. The Hall–Kier alpha value is -2.40. The van der Waals surface area contributed by atoms with Crippen LogP contribution in [0.3, 0.4) is 0 Å². The summed E-state index contributed by atoms with van der Waals surface area (Å²) in [6, 6.07) is -0.686. The first-order chi connectivity index (χ1) is 12.8. The SMILES string of the molecule is CS(=O)(=O)N1CCC(C(=O)NCCN2C(=O)N=C3N=CC=CC3C2=O)CC1. The lowest BCUT2D eigenvalue weighted by Crippen LogP contribution is -2.49. The number of amides is 4. The van der Waals surface area contributed by atoms with E-state index >= 15 is 0 Å². The van der Waals surface area contributed by atoms with Gasteiger partial charge in [0.2, 0.25) is 21.8 Å². The molecule has 11 heteroatoms. The highest BCUT2D eigenvalue weighted by atomic mass is 32.2. The van der Waals surface area contributed by atoms with Crippen LogP contribution in [0.5, 0.6) is 0 Å². The second-order valence-electron chi connectivity index (χ2n) is 6.61. The smallest absolute Gasteiger partial charge is 0.352 e. The average molecular weight is 395 g/mol. The second-order valence-corrected chi connectivity index (χ2v) is 8.59. The first-order valence-corrected chi connectivity index (χ1v) is 10.5. The van der Waals surface area contributed by atoms with Crippen LogP contribution in [0.2, 0.25) is 0 Å². The van der Waals surface area contributed by atoms with Gasteiger partial charge in [0.1, 0.15) is 11.8 Å². The molecule has 0 saturated carbocycles. The van der Waals surface area contributed by atoms with E-state index in [9.17, 15) is 22.8 Å². The molecule has 3 aliphatic heterocycles. The van der Waals surface area contributed by atoms with Crippen molar-refractivity contribution in [2.45, 2.75) is 12.8 Å². The Balaban J connectivity index is 1.49. The first-order valence-electron chi connectivity index (χ1n) is 8.65. The molecule has 27 heavy (non-hydrogen) atoms. The van der Waals surface area contributed by atoms with Gasteiger partial charge in [0.15, 0.2) is 0 Å². The van der Waals surface area contributed by atoms with Crippen molar-refractivity contribution in [3.05, 3.63) is 12.2 Å². The zero-order chi connectivity index (χ0) is 19.6. The Kier molecular flexibility index (Phi) is 5.51. The third-order valence-corrected chi connectivity index (χ3v) is 6.08. The maximum Gasteiger partial charge on any atom is 0.352 e. The van der Waals surface area contributed by atoms with Crippen molar-refractivity contribution in [2.24, 2.45) is 21.8 Å². The molecule has 10 nitrogen and oxygen atoms in total. The summed E-state index contributed by atoms with van der Waals surface area (Å²) in [5.74, 6) is -1.37. The number of amidine groups is 1. The molecule has 146 valence electrons. The van der Waals surface area contributed by atoms with Crippen molar-refractivity contribution in [2.75, 3.05) is 32.4 Å². The standard InChI is InChI=1S/C16H21N5O5S/c1-27(25,26)20-8-4-11(5-9-20)14(22)18-7-10-21-15(23)12-3-2-6-17-13(12)19-16(21)24/h2-3,6,11-12H,4-5,7-10H2,1H3,(H,18,22). The summed E-state index contributed by atoms with van der Waals surface area (Å²) in [7, 11) is -3.24. The molecule has 3 rings (SSSR count). The van der Waals surface area contributed by atoms with Gasteiger partial charge in [-0.15, -0.1) is 0 Å². The Morgan fingerprint density at radius 1 is 1.30 bits per heavy atom. The third-order valence-electron chi connectivity index (χ3n) is 4.78. The van der Waals surface area contributed by atoms with E-state index < -0.39 is 27.9 Å². The Morgan fingerprint density at radius 2 is 2.00 bits per heavy atom. The maximum atomic E-state index is 12.4. The Morgan fingerprint density at radius 3 is 2.67 bits per heavy atom. The number of sulfonamides is 1. The van der Waals surface area contributed by atoms with Crippen molar-refractivity contribution >= 4 is 39.9 Å². The number of hydrogen-bond donors (Lipinski definition) is 1. The van der Waals surface area contributed by atoms with Gasteiger partial charge in [-0.3, -0.25) is 14.5 Å². The van der Waals surface area contributed by atoms with Crippen LogP contribution in [0, 0.1) is 11.8 Å². The number of nitrogens with zero attached hydrogens (tertiary/aromatic N) is 4. The predicted molar refractivity (Wildman–Crippen MR) is 97.8 cm³/mol. The van der Waals surface area contributed by atoms with E-state index in [1.807, 2.05) is 0 Å². The predicted octanol–water partition coefficient (Wildman–Crippen LogP) is -0.608. The molecule has 3 aliphatic rings. The van der Waals surface area contributed by atoms with E-state index in [1.54, 1.807) is 12.2 Å². The fraction of sp³-hybridized carbons (Fsp3) is 0.562. The van der Waals surface area contributed by atoms with E-state index in [0.29, 0.717) is 25.9 Å². The number of allylic oxidation sites excluding steroid dienone is 1. The lowest BCUT2D eigenvalue weighted by atomic mass is 9.97. The maximum absolute atomic E-state index is 12.4. The molecular formula is C16H21N5O5S. The van der Waals surface area contributed by atoms with E-state index in [2.05, 4.69) is 15.3 Å². The van der Waals surface area contributed by atoms with Gasteiger partial charge in [-0.2, -0.15) is 4.99 Å². The average Bonchev–Trinajstić information content (AvgIpc) is 2.63. The minimum absolute atomic E-state index is 0.0242. The summed E-state index contributed by atoms with van der Waals surface area (Å²) >= 11 is 0. The van der Waals surface area contributed by atoms with Gasteiger partial charge in [0, 0.05) is 38.3 Å². The molecule has 0 spiro atoms. The summed E-state index contributed by atoms with van der Waals surface area (Å²) in [5, 5.41) is 2.72. The van der Waals surface area contributed by atoms with Crippen molar-refractivity contribution in [1.82, 2.24) is 14.5 Å². The number of hydrogen-bond acceptors (Lipinski definition) is 6. The molecule has 1 saturated heterocycles. The summed E-state index contributed by atoms with van der Waals surface area (Å²) in [6.07, 6.45) is 6.77. The number of fused-ring (bicyclic) bond motifs is 1. The largest absolute Gasteiger partial charge is 0.354 e. The fourth-order valence-electron chi connectivity index (χ4n) is 3.25. The number of carbonyl (C=O) groups is 3.